The summed E-state index contributed by atoms with van der Waals surface area (Å²) in [6.07, 6.45) is -2.98. The van der Waals surface area contributed by atoms with E-state index in [1.165, 1.54) is 0 Å². The van der Waals surface area contributed by atoms with Gasteiger partial charge < -0.3 is 29.4 Å². The maximum atomic E-state index is 13.8. The molecule has 1 aliphatic heterocycles. The maximum Gasteiger partial charge on any atom is 0.490 e. The minimum absolute atomic E-state index is 0.608. The number of nitrogens with zero attached hydrogens (tertiary/aromatic N) is 1. The average Bonchev–Trinajstić information content (AvgIpc) is 2.89. The second-order valence-electron chi connectivity index (χ2n) is 6.35. The van der Waals surface area contributed by atoms with Crippen molar-refractivity contribution in [3.05, 3.63) is 33.1 Å². The number of phosphoric ester groups is 1. The highest BCUT2D eigenvalue weighted by molar-refractivity contribution is 7.66. The first-order valence-electron chi connectivity index (χ1n) is 8.12. The summed E-state index contributed by atoms with van der Waals surface area (Å²) in [6, 6.07) is 0.841. The third-order valence-corrected chi connectivity index (χ3v) is 7.87. The van der Waals surface area contributed by atoms with Crippen LogP contribution in [0.3, 0.4) is 0 Å². The molecule has 6 atom stereocenters. The van der Waals surface area contributed by atoms with Crippen LogP contribution in [0.2, 0.25) is 0 Å². The Morgan fingerprint density at radius 3 is 2.25 bits per heavy atom. The van der Waals surface area contributed by atoms with Crippen LogP contribution in [0, 0.1) is 5.92 Å². The number of phosphoric acid groups is 3. The van der Waals surface area contributed by atoms with E-state index in [0.29, 0.717) is 4.57 Å². The molecular weight excluding hydrogens is 515 g/mol. The normalized spacial score (nSPS) is 30.0. The third kappa shape index (κ3) is 6.47. The highest BCUT2D eigenvalue weighted by atomic mass is 31.3. The molecule has 184 valence electrons. The van der Waals surface area contributed by atoms with Gasteiger partial charge in [0.25, 0.3) is 5.56 Å². The molecule has 0 amide bonds. The zero-order valence-corrected chi connectivity index (χ0v) is 18.1. The van der Waals surface area contributed by atoms with Crippen LogP contribution < -0.4 is 11.2 Å². The molecular formula is C11H17F2N2O14P3. The fraction of sp³-hybridized carbons (Fsp3) is 0.636. The van der Waals surface area contributed by atoms with Crippen molar-refractivity contribution >= 4 is 23.5 Å². The number of aliphatic hydroxyl groups excluding tert-OH is 1. The Hall–Kier alpha value is -1.13. The summed E-state index contributed by atoms with van der Waals surface area (Å²) in [5.41, 5.74) is -4.55. The lowest BCUT2D eigenvalue weighted by molar-refractivity contribution is -0.136. The number of aliphatic hydroxyl groups is 1. The molecule has 32 heavy (non-hydrogen) atoms. The number of aromatic amines is 1. The number of nitrogens with one attached hydrogen (secondary N) is 1. The molecule has 6 N–H and O–H groups in total. The van der Waals surface area contributed by atoms with Gasteiger partial charge in [0.1, 0.15) is 18.5 Å². The third-order valence-electron chi connectivity index (χ3n) is 4.08. The topological polar surface area (TPSA) is 244 Å². The maximum absolute atomic E-state index is 13.8. The Labute approximate surface area is 175 Å². The zero-order valence-electron chi connectivity index (χ0n) is 15.5. The number of alkyl halides is 2. The standard InChI is InChI=1S/C11H17F2N2O14P3/c12-3-6-8(17)11(4-13,27-9(6)15-2-1-7(16)14-10(15)18)5-26-31(22,23)29-32(24,25)28-30(19,20)21/h1-2,6,8-9,17H,3-5H2,(H,22,23)(H,24,25)(H,14,16,18)(H2,19,20,21)/t6-,8-,9+,11+/m0/s1. The first kappa shape index (κ1) is 27.1. The number of hydrogen-bond donors (Lipinski definition) is 6. The van der Waals surface area contributed by atoms with Crippen LogP contribution in [-0.2, 0) is 31.6 Å². The molecule has 1 saturated heterocycles. The molecule has 0 spiro atoms. The summed E-state index contributed by atoms with van der Waals surface area (Å²) >= 11 is 0. The van der Waals surface area contributed by atoms with Crippen molar-refractivity contribution in [1.29, 1.82) is 0 Å². The summed E-state index contributed by atoms with van der Waals surface area (Å²) < 4.78 is 78.2. The van der Waals surface area contributed by atoms with Gasteiger partial charge in [0.2, 0.25) is 0 Å². The van der Waals surface area contributed by atoms with E-state index in [1.54, 1.807) is 0 Å². The predicted molar refractivity (Wildman–Crippen MR) is 95.4 cm³/mol. The highest BCUT2D eigenvalue weighted by Crippen LogP contribution is 2.66. The van der Waals surface area contributed by atoms with Gasteiger partial charge in [0.05, 0.1) is 25.3 Å². The van der Waals surface area contributed by atoms with Gasteiger partial charge >= 0.3 is 29.2 Å². The molecule has 0 radical (unpaired) electrons. The molecule has 1 aromatic rings. The van der Waals surface area contributed by atoms with Crippen LogP contribution in [0.5, 0.6) is 0 Å². The molecule has 0 bridgehead atoms. The van der Waals surface area contributed by atoms with Gasteiger partial charge in [-0.1, -0.05) is 0 Å². The van der Waals surface area contributed by atoms with Crippen molar-refractivity contribution in [2.24, 2.45) is 5.92 Å². The molecule has 1 aromatic heterocycles. The summed E-state index contributed by atoms with van der Waals surface area (Å²) in [4.78, 5) is 60.5. The Balaban J connectivity index is 2.26. The lowest BCUT2D eigenvalue weighted by Crippen LogP contribution is -2.47. The number of aromatic nitrogens is 2. The SMILES string of the molecule is O=c1ccn([C@@H]2O[C@](CF)(COP(=O)(O)OP(=O)(O)OP(=O)(O)O)[C@@H](O)[C@@H]2CF)c(=O)[nH]1. The minimum atomic E-state index is -5.87. The number of hydrogen-bond acceptors (Lipinski definition) is 10. The van der Waals surface area contributed by atoms with Gasteiger partial charge in [-0.05, 0) is 0 Å². The van der Waals surface area contributed by atoms with E-state index in [0.717, 1.165) is 12.3 Å². The van der Waals surface area contributed by atoms with Gasteiger partial charge in [-0.2, -0.15) is 8.62 Å². The Bertz CT molecular complexity index is 1090. The number of rotatable bonds is 10. The molecule has 2 heterocycles. The van der Waals surface area contributed by atoms with Gasteiger partial charge in [0, 0.05) is 12.3 Å². The molecule has 1 fully saturated rings. The molecule has 2 rings (SSSR count). The summed E-state index contributed by atoms with van der Waals surface area (Å²) in [6.45, 7) is -4.52. The second-order valence-corrected chi connectivity index (χ2v) is 10.8. The summed E-state index contributed by atoms with van der Waals surface area (Å²) in [5, 5.41) is 10.3. The van der Waals surface area contributed by atoms with E-state index in [9.17, 15) is 42.1 Å². The first-order valence-corrected chi connectivity index (χ1v) is 12.6. The molecule has 0 saturated carbocycles. The lowest BCUT2D eigenvalue weighted by Gasteiger charge is -2.29. The molecule has 21 heteroatoms. The summed E-state index contributed by atoms with van der Waals surface area (Å²) in [7, 11) is -17.2. The van der Waals surface area contributed by atoms with Crippen LogP contribution in [0.4, 0.5) is 8.78 Å². The van der Waals surface area contributed by atoms with Gasteiger partial charge in [-0.25, -0.2) is 22.9 Å². The van der Waals surface area contributed by atoms with Crippen molar-refractivity contribution in [3.63, 3.8) is 0 Å². The zero-order chi connectivity index (χ0) is 24.5. The van der Waals surface area contributed by atoms with E-state index in [4.69, 9.17) is 19.4 Å². The summed E-state index contributed by atoms with van der Waals surface area (Å²) in [5.74, 6) is -1.64. The van der Waals surface area contributed by atoms with Crippen LogP contribution in [0.15, 0.2) is 21.9 Å². The van der Waals surface area contributed by atoms with E-state index < -0.39 is 78.5 Å². The molecule has 1 aliphatic rings. The van der Waals surface area contributed by atoms with Crippen molar-refractivity contribution in [3.8, 4) is 0 Å². The Kier molecular flexibility index (Phi) is 8.15. The number of halogens is 2. The highest BCUT2D eigenvalue weighted by Gasteiger charge is 2.57. The van der Waals surface area contributed by atoms with Crippen LogP contribution in [0.1, 0.15) is 6.23 Å². The van der Waals surface area contributed by atoms with Crippen LogP contribution in [-0.4, -0.2) is 65.9 Å². The van der Waals surface area contributed by atoms with E-state index in [2.05, 4.69) is 13.1 Å². The van der Waals surface area contributed by atoms with E-state index in [-0.39, 0.29) is 0 Å². The van der Waals surface area contributed by atoms with Crippen molar-refractivity contribution < 1.29 is 65.0 Å². The fourth-order valence-corrected chi connectivity index (χ4v) is 5.83. The van der Waals surface area contributed by atoms with Crippen molar-refractivity contribution in [1.82, 2.24) is 9.55 Å². The van der Waals surface area contributed by atoms with E-state index >= 15 is 0 Å². The van der Waals surface area contributed by atoms with Gasteiger partial charge in [-0.15, -0.1) is 0 Å². The second kappa shape index (κ2) is 9.62. The minimum Gasteiger partial charge on any atom is -0.389 e. The Morgan fingerprint density at radius 1 is 1.12 bits per heavy atom. The van der Waals surface area contributed by atoms with Gasteiger partial charge in [-0.3, -0.25) is 23.3 Å². The Morgan fingerprint density at radius 2 is 1.75 bits per heavy atom. The van der Waals surface area contributed by atoms with Gasteiger partial charge in [0.15, 0.2) is 0 Å². The molecule has 0 aliphatic carbocycles. The monoisotopic (exact) mass is 532 g/mol. The van der Waals surface area contributed by atoms with Crippen molar-refractivity contribution in [2.75, 3.05) is 20.0 Å². The molecule has 2 unspecified atom stereocenters. The first-order chi connectivity index (χ1) is 14.5. The van der Waals surface area contributed by atoms with Crippen molar-refractivity contribution in [2.45, 2.75) is 17.9 Å². The smallest absolute Gasteiger partial charge is 0.389 e. The average molecular weight is 532 g/mol. The molecule has 0 aromatic carbocycles. The lowest BCUT2D eigenvalue weighted by atomic mass is 9.92. The van der Waals surface area contributed by atoms with Crippen LogP contribution >= 0.6 is 23.5 Å². The number of H-pyrrole nitrogens is 1. The largest absolute Gasteiger partial charge is 0.490 e. The van der Waals surface area contributed by atoms with Crippen LogP contribution in [0.25, 0.3) is 0 Å². The quantitative estimate of drug-likeness (QED) is 0.199. The predicted octanol–water partition coefficient (Wildman–Crippen LogP) is -0.936. The number of ether oxygens (including phenoxy) is 1. The van der Waals surface area contributed by atoms with E-state index in [1.807, 2.05) is 4.98 Å². The molecule has 16 nitrogen and oxygen atoms in total. The fourth-order valence-electron chi connectivity index (χ4n) is 2.76.